The average Bonchev–Trinajstić information content (AvgIpc) is 3.17. The van der Waals surface area contributed by atoms with Gasteiger partial charge >= 0.3 is 0 Å². The molecule has 2 aromatic rings. The monoisotopic (exact) mass is 402 g/mol. The minimum Gasteiger partial charge on any atom is -0.490 e. The number of nitrogens with zero attached hydrogens (tertiary/aromatic N) is 2. The Labute approximate surface area is 173 Å². The number of hydrogen-bond donors (Lipinski definition) is 2. The zero-order valence-electron chi connectivity index (χ0n) is 18.2. The topological polar surface area (TPSA) is 71.3 Å². The molecule has 1 fully saturated rings. The van der Waals surface area contributed by atoms with Gasteiger partial charge in [0.1, 0.15) is 5.76 Å². The molecule has 0 bridgehead atoms. The van der Waals surface area contributed by atoms with Crippen LogP contribution < -0.4 is 15.4 Å². The highest BCUT2D eigenvalue weighted by Gasteiger charge is 2.24. The number of aliphatic imine (C=N–C) groups is 1. The molecule has 29 heavy (non-hydrogen) atoms. The van der Waals surface area contributed by atoms with Gasteiger partial charge in [0.05, 0.1) is 25.9 Å². The van der Waals surface area contributed by atoms with E-state index in [1.165, 1.54) is 0 Å². The van der Waals surface area contributed by atoms with Crippen molar-refractivity contribution in [2.24, 2.45) is 4.99 Å². The van der Waals surface area contributed by atoms with Gasteiger partial charge in [-0.15, -0.1) is 0 Å². The van der Waals surface area contributed by atoms with Crippen molar-refractivity contribution in [3.63, 3.8) is 0 Å². The van der Waals surface area contributed by atoms with Crippen molar-refractivity contribution in [2.75, 3.05) is 40.0 Å². The molecule has 3 atom stereocenters. The van der Waals surface area contributed by atoms with Crippen molar-refractivity contribution >= 4 is 16.9 Å². The van der Waals surface area contributed by atoms with Crippen molar-refractivity contribution in [3.05, 3.63) is 30.0 Å². The maximum atomic E-state index is 6.10. The van der Waals surface area contributed by atoms with E-state index < -0.39 is 0 Å². The van der Waals surface area contributed by atoms with Crippen molar-refractivity contribution in [1.82, 2.24) is 15.5 Å². The van der Waals surface area contributed by atoms with Crippen LogP contribution in [0.5, 0.6) is 5.75 Å². The summed E-state index contributed by atoms with van der Waals surface area (Å²) < 4.78 is 17.3. The second-order valence-corrected chi connectivity index (χ2v) is 7.59. The highest BCUT2D eigenvalue weighted by Crippen LogP contribution is 2.31. The minimum absolute atomic E-state index is 0.0271. The quantitative estimate of drug-likeness (QED) is 0.548. The average molecular weight is 403 g/mol. The first kappa shape index (κ1) is 21.5. The van der Waals surface area contributed by atoms with E-state index in [1.807, 2.05) is 25.1 Å². The first-order valence-corrected chi connectivity index (χ1v) is 10.5. The lowest BCUT2D eigenvalue weighted by molar-refractivity contribution is -0.0174. The Morgan fingerprint density at radius 3 is 2.93 bits per heavy atom. The fourth-order valence-corrected chi connectivity index (χ4v) is 3.77. The van der Waals surface area contributed by atoms with E-state index in [9.17, 15) is 0 Å². The fraction of sp³-hybridized carbons (Fsp3) is 0.591. The van der Waals surface area contributed by atoms with Gasteiger partial charge in [-0.25, -0.2) is 0 Å². The van der Waals surface area contributed by atoms with Crippen LogP contribution in [0.15, 0.2) is 33.7 Å². The Morgan fingerprint density at radius 1 is 1.38 bits per heavy atom. The predicted molar refractivity (Wildman–Crippen MR) is 117 cm³/mol. The molecule has 160 valence electrons. The Balaban J connectivity index is 1.60. The van der Waals surface area contributed by atoms with E-state index in [0.717, 1.165) is 54.7 Å². The molecular formula is C22H34N4O3. The number of fused-ring (bicyclic) bond motifs is 1. The van der Waals surface area contributed by atoms with Gasteiger partial charge in [0.15, 0.2) is 17.3 Å². The summed E-state index contributed by atoms with van der Waals surface area (Å²) >= 11 is 0. The molecule has 0 aliphatic carbocycles. The number of furan rings is 1. The largest absolute Gasteiger partial charge is 0.490 e. The molecule has 7 nitrogen and oxygen atoms in total. The van der Waals surface area contributed by atoms with Gasteiger partial charge in [-0.05, 0) is 39.8 Å². The second-order valence-electron chi connectivity index (χ2n) is 7.59. The Bertz CT molecular complexity index is 819. The van der Waals surface area contributed by atoms with Gasteiger partial charge in [0.25, 0.3) is 0 Å². The van der Waals surface area contributed by atoms with Crippen LogP contribution in [0, 0.1) is 0 Å². The van der Waals surface area contributed by atoms with E-state index in [4.69, 9.17) is 13.9 Å². The zero-order chi connectivity index (χ0) is 20.8. The summed E-state index contributed by atoms with van der Waals surface area (Å²) in [4.78, 5) is 6.85. The summed E-state index contributed by atoms with van der Waals surface area (Å²) in [6.45, 7) is 12.5. The van der Waals surface area contributed by atoms with E-state index >= 15 is 0 Å². The van der Waals surface area contributed by atoms with Crippen LogP contribution >= 0.6 is 0 Å². The number of morpholine rings is 1. The molecule has 1 aliphatic heterocycles. The summed E-state index contributed by atoms with van der Waals surface area (Å²) in [5, 5.41) is 7.91. The Hall–Kier alpha value is -2.25. The van der Waals surface area contributed by atoms with Crippen molar-refractivity contribution in [3.8, 4) is 5.75 Å². The lowest BCUT2D eigenvalue weighted by atomic mass is 10.2. The summed E-state index contributed by atoms with van der Waals surface area (Å²) in [5.74, 6) is 2.39. The van der Waals surface area contributed by atoms with Gasteiger partial charge in [-0.1, -0.05) is 12.1 Å². The molecule has 1 saturated heterocycles. The van der Waals surface area contributed by atoms with Crippen LogP contribution in [0.1, 0.15) is 39.5 Å². The Kier molecular flexibility index (Phi) is 7.39. The van der Waals surface area contributed by atoms with E-state index in [1.54, 1.807) is 7.05 Å². The molecule has 3 unspecified atom stereocenters. The number of para-hydroxylation sites is 1. The molecule has 0 saturated carbocycles. The summed E-state index contributed by atoms with van der Waals surface area (Å²) in [6.07, 6.45) is 0. The molecule has 0 amide bonds. The smallest absolute Gasteiger partial charge is 0.191 e. The number of benzene rings is 1. The summed E-state index contributed by atoms with van der Waals surface area (Å²) in [5.41, 5.74) is 0.788. The van der Waals surface area contributed by atoms with Crippen LogP contribution in [0.2, 0.25) is 0 Å². The van der Waals surface area contributed by atoms with Gasteiger partial charge < -0.3 is 24.5 Å². The lowest BCUT2D eigenvalue weighted by Crippen LogP contribution is -2.53. The maximum Gasteiger partial charge on any atom is 0.191 e. The SMILES string of the molecule is CCOc1cccc2cc(C(C)NC(=NC)NCC(C)N3CCOCC3C)oc12. The summed E-state index contributed by atoms with van der Waals surface area (Å²) in [7, 11) is 1.79. The molecule has 3 rings (SSSR count). The molecule has 1 aromatic carbocycles. The van der Waals surface area contributed by atoms with Crippen LogP contribution in [-0.2, 0) is 4.74 Å². The maximum absolute atomic E-state index is 6.10. The number of nitrogens with one attached hydrogen (secondary N) is 2. The number of rotatable bonds is 7. The van der Waals surface area contributed by atoms with Crippen molar-refractivity contribution in [1.29, 1.82) is 0 Å². The number of guanidine groups is 1. The molecule has 1 aromatic heterocycles. The van der Waals surface area contributed by atoms with Gasteiger partial charge in [-0.2, -0.15) is 0 Å². The minimum atomic E-state index is -0.0271. The highest BCUT2D eigenvalue weighted by atomic mass is 16.5. The molecule has 0 radical (unpaired) electrons. The predicted octanol–water partition coefficient (Wildman–Crippen LogP) is 3.17. The van der Waals surface area contributed by atoms with E-state index in [-0.39, 0.29) is 6.04 Å². The molecule has 0 spiro atoms. The van der Waals surface area contributed by atoms with Gasteiger partial charge in [0, 0.05) is 37.6 Å². The lowest BCUT2D eigenvalue weighted by Gasteiger charge is -2.38. The molecule has 1 aliphatic rings. The zero-order valence-corrected chi connectivity index (χ0v) is 18.2. The van der Waals surface area contributed by atoms with Crippen LogP contribution in [-0.4, -0.2) is 62.9 Å². The van der Waals surface area contributed by atoms with Gasteiger partial charge in [0.2, 0.25) is 0 Å². The number of hydrogen-bond acceptors (Lipinski definition) is 5. The second kappa shape index (κ2) is 9.98. The van der Waals surface area contributed by atoms with Gasteiger partial charge in [-0.3, -0.25) is 9.89 Å². The molecule has 2 heterocycles. The third-order valence-corrected chi connectivity index (χ3v) is 5.38. The van der Waals surface area contributed by atoms with E-state index in [2.05, 4.69) is 47.4 Å². The molecular weight excluding hydrogens is 368 g/mol. The van der Waals surface area contributed by atoms with Crippen LogP contribution in [0.25, 0.3) is 11.0 Å². The first-order valence-electron chi connectivity index (χ1n) is 10.5. The highest BCUT2D eigenvalue weighted by molar-refractivity contribution is 5.84. The van der Waals surface area contributed by atoms with Crippen molar-refractivity contribution < 1.29 is 13.9 Å². The van der Waals surface area contributed by atoms with Crippen LogP contribution in [0.3, 0.4) is 0 Å². The Morgan fingerprint density at radius 2 is 2.21 bits per heavy atom. The first-order chi connectivity index (χ1) is 14.0. The van der Waals surface area contributed by atoms with E-state index in [0.29, 0.717) is 18.7 Å². The standard InChI is InChI=1S/C22H34N4O3/c1-6-28-19-9-7-8-18-12-20(29-21(18)19)17(4)25-22(23-5)24-13-15(2)26-10-11-27-14-16(26)3/h7-9,12,15-17H,6,10-11,13-14H2,1-5H3,(H2,23,24,25). The fourth-order valence-electron chi connectivity index (χ4n) is 3.77. The molecule has 7 heteroatoms. The molecule has 2 N–H and O–H groups in total. The normalized spacial score (nSPS) is 20.4. The third kappa shape index (κ3) is 5.22. The van der Waals surface area contributed by atoms with Crippen molar-refractivity contribution in [2.45, 2.75) is 45.8 Å². The van der Waals surface area contributed by atoms with Crippen LogP contribution in [0.4, 0.5) is 0 Å². The third-order valence-electron chi connectivity index (χ3n) is 5.38. The summed E-state index contributed by atoms with van der Waals surface area (Å²) in [6, 6.07) is 8.81. The number of ether oxygens (including phenoxy) is 2.